The molecular formula is C19H22ClNO2. The molecule has 2 aromatic rings. The Balaban J connectivity index is 2.18. The van der Waals surface area contributed by atoms with Gasteiger partial charge >= 0.3 is 0 Å². The van der Waals surface area contributed by atoms with E-state index in [0.717, 1.165) is 23.3 Å². The molecule has 1 unspecified atom stereocenters. The average molecular weight is 332 g/mol. The zero-order chi connectivity index (χ0) is 16.8. The third-order valence-corrected chi connectivity index (χ3v) is 4.17. The predicted molar refractivity (Wildman–Crippen MR) is 94.0 cm³/mol. The quantitative estimate of drug-likeness (QED) is 0.780. The molecule has 2 rings (SSSR count). The third-order valence-electron chi connectivity index (χ3n) is 3.93. The van der Waals surface area contributed by atoms with Crippen LogP contribution in [-0.4, -0.2) is 25.0 Å². The van der Waals surface area contributed by atoms with Gasteiger partial charge in [-0.05, 0) is 30.2 Å². The summed E-state index contributed by atoms with van der Waals surface area (Å²) in [6, 6.07) is 15.3. The SMILES string of the molecule is CCC(C(=O)N(C)Cc1cc(Cl)ccc1OC)c1ccccc1. The number of halogens is 1. The van der Waals surface area contributed by atoms with Crippen LogP contribution in [-0.2, 0) is 11.3 Å². The summed E-state index contributed by atoms with van der Waals surface area (Å²) in [6.45, 7) is 2.50. The topological polar surface area (TPSA) is 29.5 Å². The highest BCUT2D eigenvalue weighted by Gasteiger charge is 2.22. The number of amides is 1. The number of likely N-dealkylation sites (N-methyl/N-ethyl adjacent to an activating group) is 1. The second-order valence-electron chi connectivity index (χ2n) is 5.52. The summed E-state index contributed by atoms with van der Waals surface area (Å²) in [5.41, 5.74) is 1.95. The molecule has 1 amide bonds. The maximum Gasteiger partial charge on any atom is 0.230 e. The molecule has 23 heavy (non-hydrogen) atoms. The van der Waals surface area contributed by atoms with E-state index in [1.807, 2.05) is 56.4 Å². The Bertz CT molecular complexity index is 658. The molecule has 122 valence electrons. The highest BCUT2D eigenvalue weighted by molar-refractivity contribution is 6.30. The average Bonchev–Trinajstić information content (AvgIpc) is 2.56. The smallest absolute Gasteiger partial charge is 0.230 e. The summed E-state index contributed by atoms with van der Waals surface area (Å²) in [7, 11) is 3.43. The van der Waals surface area contributed by atoms with E-state index in [4.69, 9.17) is 16.3 Å². The summed E-state index contributed by atoms with van der Waals surface area (Å²) < 4.78 is 5.36. The summed E-state index contributed by atoms with van der Waals surface area (Å²) in [4.78, 5) is 14.5. The van der Waals surface area contributed by atoms with Crippen molar-refractivity contribution >= 4 is 17.5 Å². The van der Waals surface area contributed by atoms with Crippen LogP contribution in [0.1, 0.15) is 30.4 Å². The highest BCUT2D eigenvalue weighted by Crippen LogP contribution is 2.26. The Morgan fingerprint density at radius 3 is 2.52 bits per heavy atom. The van der Waals surface area contributed by atoms with E-state index in [2.05, 4.69) is 0 Å². The van der Waals surface area contributed by atoms with Crippen molar-refractivity contribution in [1.82, 2.24) is 4.90 Å². The minimum absolute atomic E-state index is 0.0979. The van der Waals surface area contributed by atoms with Crippen molar-refractivity contribution in [2.75, 3.05) is 14.2 Å². The number of ether oxygens (including phenoxy) is 1. The molecule has 0 fully saturated rings. The molecule has 0 saturated heterocycles. The van der Waals surface area contributed by atoms with Gasteiger partial charge in [-0.3, -0.25) is 4.79 Å². The van der Waals surface area contributed by atoms with E-state index in [1.165, 1.54) is 0 Å². The van der Waals surface area contributed by atoms with Crippen molar-refractivity contribution in [3.05, 3.63) is 64.7 Å². The number of benzene rings is 2. The molecule has 0 aromatic heterocycles. The molecule has 0 aliphatic carbocycles. The zero-order valence-corrected chi connectivity index (χ0v) is 14.5. The summed E-state index contributed by atoms with van der Waals surface area (Å²) in [5.74, 6) is 0.703. The largest absolute Gasteiger partial charge is 0.496 e. The Kier molecular flexibility index (Phi) is 6.05. The van der Waals surface area contributed by atoms with Crippen molar-refractivity contribution in [2.45, 2.75) is 25.8 Å². The van der Waals surface area contributed by atoms with Crippen LogP contribution >= 0.6 is 11.6 Å². The highest BCUT2D eigenvalue weighted by atomic mass is 35.5. The fourth-order valence-electron chi connectivity index (χ4n) is 2.71. The van der Waals surface area contributed by atoms with Gasteiger partial charge in [0.1, 0.15) is 5.75 Å². The van der Waals surface area contributed by atoms with Crippen molar-refractivity contribution < 1.29 is 9.53 Å². The fourth-order valence-corrected chi connectivity index (χ4v) is 2.90. The van der Waals surface area contributed by atoms with Crippen LogP contribution in [0, 0.1) is 0 Å². The van der Waals surface area contributed by atoms with Crippen molar-refractivity contribution in [3.8, 4) is 5.75 Å². The minimum atomic E-state index is -0.133. The standard InChI is InChI=1S/C19H22ClNO2/c1-4-17(14-8-6-5-7-9-14)19(22)21(2)13-15-12-16(20)10-11-18(15)23-3/h5-12,17H,4,13H2,1-3H3. The lowest BCUT2D eigenvalue weighted by Gasteiger charge is -2.24. The molecule has 0 bridgehead atoms. The van der Waals surface area contributed by atoms with Crippen LogP contribution < -0.4 is 4.74 Å². The summed E-state index contributed by atoms with van der Waals surface area (Å²) in [5, 5.41) is 0.636. The molecule has 0 radical (unpaired) electrons. The van der Waals surface area contributed by atoms with Crippen LogP contribution in [0.4, 0.5) is 0 Å². The Morgan fingerprint density at radius 2 is 1.91 bits per heavy atom. The molecule has 4 heteroatoms. The molecule has 2 aromatic carbocycles. The second-order valence-corrected chi connectivity index (χ2v) is 5.96. The molecule has 0 aliphatic heterocycles. The van der Waals surface area contributed by atoms with E-state index in [-0.39, 0.29) is 11.8 Å². The molecule has 0 aliphatic rings. The van der Waals surface area contributed by atoms with Crippen molar-refractivity contribution in [1.29, 1.82) is 0 Å². The van der Waals surface area contributed by atoms with Gasteiger partial charge in [0.15, 0.2) is 0 Å². The number of carbonyl (C=O) groups is 1. The van der Waals surface area contributed by atoms with Crippen molar-refractivity contribution in [3.63, 3.8) is 0 Å². The Labute approximate surface area is 142 Å². The number of hydrogen-bond donors (Lipinski definition) is 0. The first-order valence-electron chi connectivity index (χ1n) is 7.69. The second kappa shape index (κ2) is 8.02. The van der Waals surface area contributed by atoms with Crippen LogP contribution in [0.25, 0.3) is 0 Å². The molecule has 0 N–H and O–H groups in total. The summed E-state index contributed by atoms with van der Waals surface area (Å²) >= 11 is 6.06. The summed E-state index contributed by atoms with van der Waals surface area (Å²) in [6.07, 6.45) is 0.764. The van der Waals surface area contributed by atoms with Gasteiger partial charge in [-0.25, -0.2) is 0 Å². The van der Waals surface area contributed by atoms with E-state index >= 15 is 0 Å². The van der Waals surface area contributed by atoms with Crippen LogP contribution in [0.15, 0.2) is 48.5 Å². The first kappa shape index (κ1) is 17.4. The van der Waals surface area contributed by atoms with Gasteiger partial charge in [-0.15, -0.1) is 0 Å². The normalized spacial score (nSPS) is 11.8. The third kappa shape index (κ3) is 4.26. The lowest BCUT2D eigenvalue weighted by molar-refractivity contribution is -0.132. The number of nitrogens with zero attached hydrogens (tertiary/aromatic N) is 1. The zero-order valence-electron chi connectivity index (χ0n) is 13.8. The van der Waals surface area contributed by atoms with E-state index < -0.39 is 0 Å². The molecular weight excluding hydrogens is 310 g/mol. The first-order chi connectivity index (χ1) is 11.1. The van der Waals surface area contributed by atoms with E-state index in [1.54, 1.807) is 18.1 Å². The molecule has 1 atom stereocenters. The van der Waals surface area contributed by atoms with Gasteiger partial charge in [0, 0.05) is 24.2 Å². The Morgan fingerprint density at radius 1 is 1.22 bits per heavy atom. The van der Waals surface area contributed by atoms with Gasteiger partial charge in [0.25, 0.3) is 0 Å². The van der Waals surface area contributed by atoms with Gasteiger partial charge in [-0.1, -0.05) is 48.9 Å². The minimum Gasteiger partial charge on any atom is -0.496 e. The maximum absolute atomic E-state index is 12.8. The van der Waals surface area contributed by atoms with Gasteiger partial charge in [0.2, 0.25) is 5.91 Å². The molecule has 3 nitrogen and oxygen atoms in total. The van der Waals surface area contributed by atoms with E-state index in [9.17, 15) is 4.79 Å². The molecule has 0 spiro atoms. The van der Waals surface area contributed by atoms with Gasteiger partial charge in [0.05, 0.1) is 13.0 Å². The van der Waals surface area contributed by atoms with Crippen molar-refractivity contribution in [2.24, 2.45) is 0 Å². The van der Waals surface area contributed by atoms with Gasteiger partial charge in [-0.2, -0.15) is 0 Å². The van der Waals surface area contributed by atoms with Gasteiger partial charge < -0.3 is 9.64 Å². The predicted octanol–water partition coefficient (Wildman–Crippen LogP) is 4.50. The number of hydrogen-bond acceptors (Lipinski definition) is 2. The van der Waals surface area contributed by atoms with Crippen LogP contribution in [0.5, 0.6) is 5.75 Å². The number of rotatable bonds is 6. The number of methoxy groups -OCH3 is 1. The molecule has 0 saturated carbocycles. The van der Waals surface area contributed by atoms with Crippen LogP contribution in [0.3, 0.4) is 0 Å². The monoisotopic (exact) mass is 331 g/mol. The lowest BCUT2D eigenvalue weighted by atomic mass is 9.95. The fraction of sp³-hybridized carbons (Fsp3) is 0.316. The van der Waals surface area contributed by atoms with Crippen LogP contribution in [0.2, 0.25) is 5.02 Å². The number of carbonyl (C=O) groups excluding carboxylic acids is 1. The molecule has 0 heterocycles. The first-order valence-corrected chi connectivity index (χ1v) is 8.07. The maximum atomic E-state index is 12.8. The lowest BCUT2D eigenvalue weighted by Crippen LogP contribution is -2.31. The van der Waals surface area contributed by atoms with E-state index in [0.29, 0.717) is 11.6 Å². The Hall–Kier alpha value is -2.00.